The number of aromatic nitrogens is 6. The first-order valence-corrected chi connectivity index (χ1v) is 8.43. The summed E-state index contributed by atoms with van der Waals surface area (Å²) in [6, 6.07) is 8.61. The van der Waals surface area contributed by atoms with Gasteiger partial charge in [-0.25, -0.2) is 9.97 Å². The number of tetrazole rings is 1. The molecular weight excluding hydrogens is 322 g/mol. The summed E-state index contributed by atoms with van der Waals surface area (Å²) in [6.45, 7) is 4.38. The molecule has 0 amide bonds. The van der Waals surface area contributed by atoms with Crippen molar-refractivity contribution in [1.82, 2.24) is 30.6 Å². The summed E-state index contributed by atoms with van der Waals surface area (Å²) >= 11 is 1.59. The summed E-state index contributed by atoms with van der Waals surface area (Å²) in [6.07, 6.45) is 1.53. The van der Waals surface area contributed by atoms with E-state index in [1.54, 1.807) is 11.3 Å². The number of fused-ring (bicyclic) bond motifs is 1. The second kappa shape index (κ2) is 5.97. The van der Waals surface area contributed by atoms with Crippen molar-refractivity contribution in [2.75, 3.05) is 5.32 Å². The van der Waals surface area contributed by atoms with Crippen molar-refractivity contribution in [3.05, 3.63) is 41.5 Å². The smallest absolute Gasteiger partial charge is 0.268 e. The molecule has 3 aromatic heterocycles. The number of benzene rings is 1. The predicted octanol–water partition coefficient (Wildman–Crippen LogP) is 3.74. The van der Waals surface area contributed by atoms with Crippen LogP contribution in [0.2, 0.25) is 0 Å². The van der Waals surface area contributed by atoms with Crippen LogP contribution in [0.4, 0.5) is 11.8 Å². The number of nitrogens with one attached hydrogen (secondary N) is 2. The van der Waals surface area contributed by atoms with Gasteiger partial charge in [0.1, 0.15) is 17.0 Å². The molecule has 0 radical (unpaired) electrons. The Morgan fingerprint density at radius 3 is 2.67 bits per heavy atom. The van der Waals surface area contributed by atoms with E-state index in [0.29, 0.717) is 17.7 Å². The Balaban J connectivity index is 1.81. The minimum absolute atomic E-state index is 0.377. The van der Waals surface area contributed by atoms with E-state index in [1.165, 1.54) is 11.9 Å². The van der Waals surface area contributed by atoms with E-state index in [0.717, 1.165) is 21.3 Å². The Morgan fingerprint density at radius 1 is 1.12 bits per heavy atom. The summed E-state index contributed by atoms with van der Waals surface area (Å²) in [4.78, 5) is 9.63. The maximum Gasteiger partial charge on any atom is 0.268 e. The Labute approximate surface area is 142 Å². The zero-order chi connectivity index (χ0) is 16.5. The first-order chi connectivity index (χ1) is 11.7. The van der Waals surface area contributed by atoms with Gasteiger partial charge in [-0.1, -0.05) is 43.2 Å². The third kappa shape index (κ3) is 2.61. The number of nitrogens with zero attached hydrogens (tertiary/aromatic N) is 5. The average molecular weight is 337 g/mol. The fraction of sp³-hybridized carbons (Fsp3) is 0.188. The molecular formula is C16H15N7S. The third-order valence-corrected chi connectivity index (χ3v) is 4.72. The lowest BCUT2D eigenvalue weighted by Crippen LogP contribution is -1.97. The first kappa shape index (κ1) is 14.7. The molecule has 120 valence electrons. The molecule has 7 nitrogen and oxygen atoms in total. The van der Waals surface area contributed by atoms with E-state index >= 15 is 0 Å². The zero-order valence-electron chi connectivity index (χ0n) is 13.2. The predicted molar refractivity (Wildman–Crippen MR) is 94.4 cm³/mol. The molecule has 4 aromatic rings. The van der Waals surface area contributed by atoms with Gasteiger partial charge in [-0.15, -0.1) is 16.4 Å². The molecule has 0 saturated heterocycles. The van der Waals surface area contributed by atoms with Crippen LogP contribution >= 0.6 is 11.3 Å². The number of thiophene rings is 1. The molecule has 1 aromatic carbocycles. The highest BCUT2D eigenvalue weighted by molar-refractivity contribution is 7.17. The lowest BCUT2D eigenvalue weighted by molar-refractivity contribution is 0.867. The lowest BCUT2D eigenvalue weighted by Gasteiger charge is -2.08. The molecule has 8 heteroatoms. The van der Waals surface area contributed by atoms with Crippen molar-refractivity contribution in [2.24, 2.45) is 0 Å². The second-order valence-corrected chi connectivity index (χ2v) is 6.55. The summed E-state index contributed by atoms with van der Waals surface area (Å²) in [5.74, 6) is 1.56. The Kier molecular flexibility index (Phi) is 3.66. The second-order valence-electron chi connectivity index (χ2n) is 5.69. The monoisotopic (exact) mass is 337 g/mol. The van der Waals surface area contributed by atoms with E-state index in [2.05, 4.69) is 79.4 Å². The van der Waals surface area contributed by atoms with E-state index in [9.17, 15) is 0 Å². The van der Waals surface area contributed by atoms with E-state index in [1.807, 2.05) is 0 Å². The standard InChI is InChI=1S/C16H15N7S/c1-9(2)10-3-5-11(6-4-10)12-7-24-15-13(12)14(17-8-18-15)19-16-20-22-23-21-16/h3-9H,1-2H3,(H2,17,18,19,20,21,22,23). The van der Waals surface area contributed by atoms with Crippen LogP contribution in [-0.4, -0.2) is 30.6 Å². The van der Waals surface area contributed by atoms with Crippen LogP contribution in [0.1, 0.15) is 25.3 Å². The van der Waals surface area contributed by atoms with Gasteiger partial charge in [0.25, 0.3) is 5.95 Å². The molecule has 0 saturated carbocycles. The average Bonchev–Trinajstić information content (AvgIpc) is 3.25. The summed E-state index contributed by atoms with van der Waals surface area (Å²) in [5.41, 5.74) is 3.55. The van der Waals surface area contributed by atoms with Crippen LogP contribution in [-0.2, 0) is 0 Å². The molecule has 0 aliphatic carbocycles. The largest absolute Gasteiger partial charge is 0.305 e. The third-order valence-electron chi connectivity index (χ3n) is 3.83. The van der Waals surface area contributed by atoms with Crippen molar-refractivity contribution in [3.63, 3.8) is 0 Å². The van der Waals surface area contributed by atoms with E-state index < -0.39 is 0 Å². The lowest BCUT2D eigenvalue weighted by atomic mass is 9.99. The van der Waals surface area contributed by atoms with Gasteiger partial charge in [-0.05, 0) is 22.3 Å². The quantitative estimate of drug-likeness (QED) is 0.589. The van der Waals surface area contributed by atoms with Gasteiger partial charge in [0, 0.05) is 10.9 Å². The van der Waals surface area contributed by atoms with Gasteiger partial charge in [0.05, 0.1) is 5.39 Å². The van der Waals surface area contributed by atoms with Gasteiger partial charge in [0.2, 0.25) is 0 Å². The van der Waals surface area contributed by atoms with Crippen LogP contribution in [0, 0.1) is 0 Å². The Bertz CT molecular complexity index is 958. The SMILES string of the molecule is CC(C)c1ccc(-c2csc3ncnc(Nc4nn[nH]n4)c23)cc1. The van der Waals surface area contributed by atoms with E-state index in [4.69, 9.17) is 0 Å². The van der Waals surface area contributed by atoms with Crippen LogP contribution in [0.5, 0.6) is 0 Å². The highest BCUT2D eigenvalue weighted by Gasteiger charge is 2.14. The van der Waals surface area contributed by atoms with Crippen LogP contribution in [0.3, 0.4) is 0 Å². The Morgan fingerprint density at radius 2 is 1.96 bits per heavy atom. The van der Waals surface area contributed by atoms with Crippen molar-refractivity contribution in [3.8, 4) is 11.1 Å². The topological polar surface area (TPSA) is 92.3 Å². The number of aromatic amines is 1. The van der Waals surface area contributed by atoms with Gasteiger partial charge >= 0.3 is 0 Å². The van der Waals surface area contributed by atoms with Gasteiger partial charge in [-0.3, -0.25) is 0 Å². The zero-order valence-corrected chi connectivity index (χ0v) is 14.0. The minimum Gasteiger partial charge on any atom is -0.305 e. The molecule has 0 spiro atoms. The number of hydrogen-bond acceptors (Lipinski definition) is 7. The number of anilines is 2. The first-order valence-electron chi connectivity index (χ1n) is 7.55. The fourth-order valence-electron chi connectivity index (χ4n) is 2.55. The normalized spacial score (nSPS) is 11.3. The van der Waals surface area contributed by atoms with Crippen LogP contribution in [0.25, 0.3) is 21.3 Å². The van der Waals surface area contributed by atoms with Gasteiger partial charge in [-0.2, -0.15) is 5.21 Å². The van der Waals surface area contributed by atoms with Crippen molar-refractivity contribution < 1.29 is 0 Å². The molecule has 0 atom stereocenters. The molecule has 0 aliphatic heterocycles. The summed E-state index contributed by atoms with van der Waals surface area (Å²) in [5, 5.41) is 20.0. The highest BCUT2D eigenvalue weighted by atomic mass is 32.1. The Hall–Kier alpha value is -2.87. The maximum absolute atomic E-state index is 4.37. The maximum atomic E-state index is 4.37. The molecule has 0 bridgehead atoms. The molecule has 0 fully saturated rings. The fourth-order valence-corrected chi connectivity index (χ4v) is 3.47. The number of rotatable bonds is 4. The molecule has 0 unspecified atom stereocenters. The summed E-state index contributed by atoms with van der Waals surface area (Å²) in [7, 11) is 0. The molecule has 24 heavy (non-hydrogen) atoms. The van der Waals surface area contributed by atoms with Crippen molar-refractivity contribution in [1.29, 1.82) is 0 Å². The molecule has 4 rings (SSSR count). The van der Waals surface area contributed by atoms with Gasteiger partial charge in [0.15, 0.2) is 0 Å². The number of hydrogen-bond donors (Lipinski definition) is 2. The van der Waals surface area contributed by atoms with Crippen LogP contribution < -0.4 is 5.32 Å². The molecule has 0 aliphatic rings. The number of H-pyrrole nitrogens is 1. The highest BCUT2D eigenvalue weighted by Crippen LogP contribution is 2.37. The minimum atomic E-state index is 0.377. The molecule has 3 heterocycles. The van der Waals surface area contributed by atoms with Crippen molar-refractivity contribution >= 4 is 33.3 Å². The van der Waals surface area contributed by atoms with Crippen LogP contribution in [0.15, 0.2) is 36.0 Å². The van der Waals surface area contributed by atoms with Crippen molar-refractivity contribution in [2.45, 2.75) is 19.8 Å². The van der Waals surface area contributed by atoms with Gasteiger partial charge < -0.3 is 5.32 Å². The summed E-state index contributed by atoms with van der Waals surface area (Å²) < 4.78 is 0. The molecule has 2 N–H and O–H groups in total. The van der Waals surface area contributed by atoms with E-state index in [-0.39, 0.29) is 0 Å².